The van der Waals surface area contributed by atoms with Crippen molar-refractivity contribution in [1.29, 1.82) is 0 Å². The highest BCUT2D eigenvalue weighted by Crippen LogP contribution is 2.40. The highest BCUT2D eigenvalue weighted by molar-refractivity contribution is 5.90. The van der Waals surface area contributed by atoms with E-state index in [0.29, 0.717) is 12.2 Å². The molecule has 1 saturated heterocycles. The van der Waals surface area contributed by atoms with Crippen LogP contribution in [0.5, 0.6) is 11.5 Å². The molecule has 4 rings (SSSR count). The molecule has 0 aliphatic carbocycles. The summed E-state index contributed by atoms with van der Waals surface area (Å²) in [4.78, 5) is 15.6. The first-order valence-corrected chi connectivity index (χ1v) is 12.3. The van der Waals surface area contributed by atoms with Gasteiger partial charge in [0.25, 0.3) is 0 Å². The zero-order chi connectivity index (χ0) is 25.1. The predicted molar refractivity (Wildman–Crippen MR) is 140 cm³/mol. The lowest BCUT2D eigenvalue weighted by molar-refractivity contribution is -0.122. The fourth-order valence-electron chi connectivity index (χ4n) is 5.32. The predicted octanol–water partition coefficient (Wildman–Crippen LogP) is 5.18. The van der Waals surface area contributed by atoms with E-state index in [2.05, 4.69) is 18.7 Å². The molecule has 0 bridgehead atoms. The Hall–Kier alpha value is -3.31. The number of phenolic OH excluding ortho intramolecular Hbond substituents is 1. The van der Waals surface area contributed by atoms with Crippen molar-refractivity contribution >= 4 is 5.91 Å². The molecule has 1 amide bonds. The molecule has 3 aromatic carbocycles. The van der Waals surface area contributed by atoms with Crippen LogP contribution in [0.3, 0.4) is 0 Å². The summed E-state index contributed by atoms with van der Waals surface area (Å²) >= 11 is 0. The number of aromatic hydroxyl groups is 1. The highest BCUT2D eigenvalue weighted by atomic mass is 16.5. The minimum absolute atomic E-state index is 0.0552. The standard InChI is InChI=1S/C30H36N2O3/c1-22-18-25(33)20-27(19-22)35-26-14-17-32(21-26)29(2,3)15-16-30(28(31)34,23-10-6-4-7-11-23)24-12-8-5-9-13-24/h4-13,18-20,26,33H,14-17,21H2,1-3H3,(H2,31,34)/t26-/m0/s1. The van der Waals surface area contributed by atoms with Gasteiger partial charge in [0, 0.05) is 24.7 Å². The average molecular weight is 473 g/mol. The van der Waals surface area contributed by atoms with Gasteiger partial charge in [0.2, 0.25) is 5.91 Å². The van der Waals surface area contributed by atoms with E-state index in [0.717, 1.165) is 42.6 Å². The van der Waals surface area contributed by atoms with Crippen LogP contribution in [0.4, 0.5) is 0 Å². The molecule has 0 radical (unpaired) electrons. The van der Waals surface area contributed by atoms with Crippen LogP contribution in [0.15, 0.2) is 78.9 Å². The molecule has 3 N–H and O–H groups in total. The van der Waals surface area contributed by atoms with Crippen molar-refractivity contribution in [2.24, 2.45) is 5.73 Å². The first kappa shape index (κ1) is 24.8. The van der Waals surface area contributed by atoms with Crippen molar-refractivity contribution in [3.8, 4) is 11.5 Å². The van der Waals surface area contributed by atoms with Crippen LogP contribution in [-0.4, -0.2) is 40.6 Å². The van der Waals surface area contributed by atoms with Crippen LogP contribution in [0.1, 0.15) is 49.8 Å². The summed E-state index contributed by atoms with van der Waals surface area (Å²) in [6, 6.07) is 25.1. The van der Waals surface area contributed by atoms with Gasteiger partial charge in [-0.2, -0.15) is 0 Å². The molecule has 0 unspecified atom stereocenters. The maximum Gasteiger partial charge on any atom is 0.232 e. The number of primary amides is 1. The molecule has 1 fully saturated rings. The second kappa shape index (κ2) is 10.1. The van der Waals surface area contributed by atoms with E-state index in [1.54, 1.807) is 12.1 Å². The number of phenols is 1. The number of carbonyl (C=O) groups is 1. The second-order valence-electron chi connectivity index (χ2n) is 10.3. The Kier molecular flexibility index (Phi) is 7.18. The van der Waals surface area contributed by atoms with Crippen molar-refractivity contribution in [3.05, 3.63) is 95.6 Å². The number of amides is 1. The van der Waals surface area contributed by atoms with E-state index in [9.17, 15) is 9.90 Å². The van der Waals surface area contributed by atoms with E-state index < -0.39 is 5.41 Å². The monoisotopic (exact) mass is 472 g/mol. The van der Waals surface area contributed by atoms with E-state index in [1.807, 2.05) is 73.7 Å². The number of nitrogens with zero attached hydrogens (tertiary/aromatic N) is 1. The lowest BCUT2D eigenvalue weighted by Crippen LogP contribution is -2.47. The molecule has 184 valence electrons. The van der Waals surface area contributed by atoms with Crippen LogP contribution in [0, 0.1) is 6.92 Å². The number of ether oxygens (including phenoxy) is 1. The van der Waals surface area contributed by atoms with Crippen LogP contribution >= 0.6 is 0 Å². The maximum atomic E-state index is 13.1. The van der Waals surface area contributed by atoms with E-state index >= 15 is 0 Å². The summed E-state index contributed by atoms with van der Waals surface area (Å²) < 4.78 is 6.21. The fourth-order valence-corrected chi connectivity index (χ4v) is 5.32. The molecule has 1 atom stereocenters. The zero-order valence-electron chi connectivity index (χ0n) is 20.9. The number of carbonyl (C=O) groups excluding carboxylic acids is 1. The Morgan fingerprint density at radius 1 is 1.00 bits per heavy atom. The molecule has 0 spiro atoms. The molecule has 3 aromatic rings. The second-order valence-corrected chi connectivity index (χ2v) is 10.3. The third-order valence-corrected chi connectivity index (χ3v) is 7.41. The van der Waals surface area contributed by atoms with Gasteiger partial charge < -0.3 is 15.6 Å². The molecule has 5 nitrogen and oxygen atoms in total. The molecular formula is C30H36N2O3. The molecule has 1 heterocycles. The quantitative estimate of drug-likeness (QED) is 0.450. The Balaban J connectivity index is 1.52. The van der Waals surface area contributed by atoms with Crippen molar-refractivity contribution in [3.63, 3.8) is 0 Å². The van der Waals surface area contributed by atoms with Crippen molar-refractivity contribution < 1.29 is 14.6 Å². The van der Waals surface area contributed by atoms with E-state index in [4.69, 9.17) is 10.5 Å². The van der Waals surface area contributed by atoms with Gasteiger partial charge in [0.05, 0.1) is 5.41 Å². The summed E-state index contributed by atoms with van der Waals surface area (Å²) in [5.74, 6) is 0.598. The van der Waals surface area contributed by atoms with Gasteiger partial charge in [-0.05, 0) is 68.9 Å². The largest absolute Gasteiger partial charge is 0.508 e. The number of rotatable bonds is 9. The van der Waals surface area contributed by atoms with Crippen molar-refractivity contribution in [2.45, 2.75) is 57.1 Å². The minimum Gasteiger partial charge on any atom is -0.508 e. The number of hydrogen-bond donors (Lipinski definition) is 2. The molecule has 5 heteroatoms. The Labute approximate surface area is 208 Å². The molecular weight excluding hydrogens is 436 g/mol. The normalized spacial score (nSPS) is 16.8. The zero-order valence-corrected chi connectivity index (χ0v) is 20.9. The topological polar surface area (TPSA) is 75.8 Å². The summed E-state index contributed by atoms with van der Waals surface area (Å²) in [6.07, 6.45) is 2.37. The smallest absolute Gasteiger partial charge is 0.232 e. The first-order chi connectivity index (χ1) is 16.7. The lowest BCUT2D eigenvalue weighted by atomic mass is 9.69. The van der Waals surface area contributed by atoms with Gasteiger partial charge in [-0.25, -0.2) is 0 Å². The number of benzene rings is 3. The van der Waals surface area contributed by atoms with E-state index in [-0.39, 0.29) is 23.3 Å². The average Bonchev–Trinajstić information content (AvgIpc) is 3.29. The van der Waals surface area contributed by atoms with Crippen LogP contribution in [0.2, 0.25) is 0 Å². The fraction of sp³-hybridized carbons (Fsp3) is 0.367. The Bertz CT molecular complexity index is 1090. The Morgan fingerprint density at radius 2 is 1.60 bits per heavy atom. The lowest BCUT2D eigenvalue weighted by Gasteiger charge is -2.40. The van der Waals surface area contributed by atoms with Crippen LogP contribution < -0.4 is 10.5 Å². The third-order valence-electron chi connectivity index (χ3n) is 7.41. The number of hydrogen-bond acceptors (Lipinski definition) is 4. The summed E-state index contributed by atoms with van der Waals surface area (Å²) in [5.41, 5.74) is 7.93. The summed E-state index contributed by atoms with van der Waals surface area (Å²) in [7, 11) is 0. The van der Waals surface area contributed by atoms with Crippen LogP contribution in [-0.2, 0) is 10.2 Å². The first-order valence-electron chi connectivity index (χ1n) is 12.3. The van der Waals surface area contributed by atoms with Gasteiger partial charge in [-0.15, -0.1) is 0 Å². The molecule has 1 aliphatic rings. The SMILES string of the molecule is Cc1cc(O)cc(O[C@H]2CCN(C(C)(C)CCC(C(N)=O)(c3ccccc3)c3ccccc3)C2)c1. The highest BCUT2D eigenvalue weighted by Gasteiger charge is 2.43. The summed E-state index contributed by atoms with van der Waals surface area (Å²) in [6.45, 7) is 8.12. The van der Waals surface area contributed by atoms with Gasteiger partial charge in [0.15, 0.2) is 0 Å². The molecule has 35 heavy (non-hydrogen) atoms. The molecule has 0 aromatic heterocycles. The molecule has 1 aliphatic heterocycles. The van der Waals surface area contributed by atoms with Gasteiger partial charge in [-0.3, -0.25) is 9.69 Å². The number of nitrogens with two attached hydrogens (primary N) is 1. The number of likely N-dealkylation sites (tertiary alicyclic amines) is 1. The van der Waals surface area contributed by atoms with Gasteiger partial charge >= 0.3 is 0 Å². The van der Waals surface area contributed by atoms with Gasteiger partial charge in [0.1, 0.15) is 17.6 Å². The van der Waals surface area contributed by atoms with Gasteiger partial charge in [-0.1, -0.05) is 60.7 Å². The Morgan fingerprint density at radius 3 is 2.14 bits per heavy atom. The van der Waals surface area contributed by atoms with E-state index in [1.165, 1.54) is 0 Å². The van der Waals surface area contributed by atoms with Crippen molar-refractivity contribution in [2.75, 3.05) is 13.1 Å². The third kappa shape index (κ3) is 5.35. The van der Waals surface area contributed by atoms with Crippen molar-refractivity contribution in [1.82, 2.24) is 4.90 Å². The summed E-state index contributed by atoms with van der Waals surface area (Å²) in [5, 5.41) is 9.90. The van der Waals surface area contributed by atoms with Crippen LogP contribution in [0.25, 0.3) is 0 Å². The number of aryl methyl sites for hydroxylation is 1. The minimum atomic E-state index is -0.894. The maximum absolute atomic E-state index is 13.1. The molecule has 0 saturated carbocycles.